The van der Waals surface area contributed by atoms with Crippen LogP contribution in [-0.2, 0) is 17.8 Å². The number of imidazole rings is 1. The van der Waals surface area contributed by atoms with Crippen molar-refractivity contribution in [2.75, 3.05) is 41.9 Å². The van der Waals surface area contributed by atoms with Gasteiger partial charge in [-0.3, -0.25) is 4.79 Å². The number of rotatable bonds is 6. The molecule has 132 valence electrons. The van der Waals surface area contributed by atoms with Gasteiger partial charge in [-0.15, -0.1) is 0 Å². The van der Waals surface area contributed by atoms with Crippen LogP contribution in [0.25, 0.3) is 11.0 Å². The van der Waals surface area contributed by atoms with Gasteiger partial charge < -0.3 is 24.2 Å². The molecule has 0 bridgehead atoms. The fraction of sp³-hybridized carbons (Fsp3) is 0.529. The molecular formula is C17H26N4O3. The van der Waals surface area contributed by atoms with E-state index in [9.17, 15) is 9.90 Å². The monoisotopic (exact) mass is 334 g/mol. The number of phenolic OH excluding ortho intramolecular Hbond substituents is 1. The third-order valence-electron chi connectivity index (χ3n) is 3.93. The number of methoxy groups -OCH3 is 1. The number of hydrogen-bond acceptors (Lipinski definition) is 5. The SMILES string of the molecule is COCCn1c(C)nc2cc(C(=O)N(C)C)c(CN(C)C)c(O)c21. The van der Waals surface area contributed by atoms with Crippen molar-refractivity contribution < 1.29 is 14.6 Å². The average Bonchev–Trinajstić information content (AvgIpc) is 2.82. The summed E-state index contributed by atoms with van der Waals surface area (Å²) in [5, 5.41) is 10.9. The lowest BCUT2D eigenvalue weighted by Gasteiger charge is -2.19. The molecule has 0 saturated carbocycles. The maximum absolute atomic E-state index is 12.5. The number of phenols is 1. The Kier molecular flexibility index (Phi) is 5.46. The van der Waals surface area contributed by atoms with Crippen LogP contribution in [0.1, 0.15) is 21.7 Å². The van der Waals surface area contributed by atoms with Crippen LogP contribution >= 0.6 is 0 Å². The van der Waals surface area contributed by atoms with E-state index in [-0.39, 0.29) is 11.7 Å². The highest BCUT2D eigenvalue weighted by Crippen LogP contribution is 2.33. The van der Waals surface area contributed by atoms with E-state index in [0.29, 0.717) is 41.9 Å². The van der Waals surface area contributed by atoms with Gasteiger partial charge >= 0.3 is 0 Å². The number of aromatic nitrogens is 2. The van der Waals surface area contributed by atoms with Crippen LogP contribution in [0.5, 0.6) is 5.75 Å². The Balaban J connectivity index is 2.73. The molecule has 7 heteroatoms. The lowest BCUT2D eigenvalue weighted by Crippen LogP contribution is -2.24. The van der Waals surface area contributed by atoms with Crippen molar-refractivity contribution in [1.29, 1.82) is 0 Å². The van der Waals surface area contributed by atoms with Crippen molar-refractivity contribution in [2.24, 2.45) is 0 Å². The van der Waals surface area contributed by atoms with Gasteiger partial charge in [-0.1, -0.05) is 0 Å². The average molecular weight is 334 g/mol. The Labute approximate surface area is 142 Å². The summed E-state index contributed by atoms with van der Waals surface area (Å²) in [4.78, 5) is 20.5. The molecule has 0 aliphatic rings. The predicted octanol–water partition coefficient (Wildman–Crippen LogP) is 1.46. The highest BCUT2D eigenvalue weighted by atomic mass is 16.5. The first kappa shape index (κ1) is 18.2. The molecule has 0 radical (unpaired) electrons. The molecule has 1 aromatic heterocycles. The van der Waals surface area contributed by atoms with Crippen molar-refractivity contribution in [3.8, 4) is 5.75 Å². The van der Waals surface area contributed by atoms with E-state index in [0.717, 1.165) is 5.82 Å². The summed E-state index contributed by atoms with van der Waals surface area (Å²) >= 11 is 0. The van der Waals surface area contributed by atoms with Crippen LogP contribution in [0.3, 0.4) is 0 Å². The summed E-state index contributed by atoms with van der Waals surface area (Å²) in [5.41, 5.74) is 2.37. The van der Waals surface area contributed by atoms with Crippen LogP contribution in [-0.4, -0.2) is 72.3 Å². The van der Waals surface area contributed by atoms with Gasteiger partial charge in [-0.2, -0.15) is 0 Å². The summed E-state index contributed by atoms with van der Waals surface area (Å²) in [5.74, 6) is 0.749. The zero-order chi connectivity index (χ0) is 18.0. The molecule has 2 aromatic rings. The van der Waals surface area contributed by atoms with Gasteiger partial charge in [0.15, 0.2) is 0 Å². The summed E-state index contributed by atoms with van der Waals surface area (Å²) in [6.07, 6.45) is 0. The molecule has 24 heavy (non-hydrogen) atoms. The molecular weight excluding hydrogens is 308 g/mol. The van der Waals surface area contributed by atoms with Crippen molar-refractivity contribution >= 4 is 16.9 Å². The lowest BCUT2D eigenvalue weighted by molar-refractivity contribution is 0.0825. The number of carbonyl (C=O) groups excluding carboxylic acids is 1. The molecule has 0 spiro atoms. The van der Waals surface area contributed by atoms with Gasteiger partial charge in [0, 0.05) is 45.4 Å². The van der Waals surface area contributed by atoms with E-state index in [1.807, 2.05) is 30.5 Å². The smallest absolute Gasteiger partial charge is 0.253 e. The molecule has 0 saturated heterocycles. The summed E-state index contributed by atoms with van der Waals surface area (Å²) in [7, 11) is 8.85. The highest BCUT2D eigenvalue weighted by molar-refractivity contribution is 6.01. The number of aryl methyl sites for hydroxylation is 1. The largest absolute Gasteiger partial charge is 0.505 e. The standard InChI is InChI=1S/C17H26N4O3/c1-11-18-14-9-12(17(23)20(4)5)13(10-19(2)3)16(22)15(14)21(11)7-8-24-6/h9,22H,7-8,10H2,1-6H3. The fourth-order valence-corrected chi connectivity index (χ4v) is 2.80. The molecule has 1 aromatic carbocycles. The minimum atomic E-state index is -0.145. The first-order chi connectivity index (χ1) is 11.3. The minimum Gasteiger partial charge on any atom is -0.505 e. The Morgan fingerprint density at radius 1 is 1.33 bits per heavy atom. The molecule has 0 unspecified atom stereocenters. The molecule has 1 N–H and O–H groups in total. The Morgan fingerprint density at radius 3 is 2.54 bits per heavy atom. The zero-order valence-corrected chi connectivity index (χ0v) is 15.3. The third-order valence-corrected chi connectivity index (χ3v) is 3.93. The van der Waals surface area contributed by atoms with Gasteiger partial charge in [-0.05, 0) is 27.1 Å². The molecule has 1 heterocycles. The summed E-state index contributed by atoms with van der Waals surface area (Å²) < 4.78 is 7.08. The highest BCUT2D eigenvalue weighted by Gasteiger charge is 2.23. The molecule has 1 amide bonds. The minimum absolute atomic E-state index is 0.114. The molecule has 7 nitrogen and oxygen atoms in total. The van der Waals surface area contributed by atoms with Crippen LogP contribution in [0, 0.1) is 6.92 Å². The van der Waals surface area contributed by atoms with Crippen LogP contribution in [0.4, 0.5) is 0 Å². The Morgan fingerprint density at radius 2 is 2.00 bits per heavy atom. The Hall–Kier alpha value is -2.12. The fourth-order valence-electron chi connectivity index (χ4n) is 2.80. The lowest BCUT2D eigenvalue weighted by atomic mass is 10.0. The summed E-state index contributed by atoms with van der Waals surface area (Å²) in [6, 6.07) is 1.77. The van der Waals surface area contributed by atoms with E-state index >= 15 is 0 Å². The van der Waals surface area contributed by atoms with Crippen molar-refractivity contribution in [3.05, 3.63) is 23.0 Å². The second-order valence-electron chi connectivity index (χ2n) is 6.36. The van der Waals surface area contributed by atoms with Gasteiger partial charge in [0.2, 0.25) is 0 Å². The first-order valence-corrected chi connectivity index (χ1v) is 7.84. The molecule has 0 aliphatic carbocycles. The first-order valence-electron chi connectivity index (χ1n) is 7.84. The molecule has 0 fully saturated rings. The van der Waals surface area contributed by atoms with Crippen molar-refractivity contribution in [1.82, 2.24) is 19.4 Å². The number of hydrogen-bond donors (Lipinski definition) is 1. The van der Waals surface area contributed by atoms with Crippen molar-refractivity contribution in [2.45, 2.75) is 20.0 Å². The van der Waals surface area contributed by atoms with E-state index < -0.39 is 0 Å². The van der Waals surface area contributed by atoms with E-state index in [4.69, 9.17) is 4.74 Å². The molecule has 0 atom stereocenters. The van der Waals surface area contributed by atoms with Gasteiger partial charge in [0.05, 0.1) is 12.1 Å². The summed E-state index contributed by atoms with van der Waals surface area (Å²) in [6.45, 7) is 3.46. The van der Waals surface area contributed by atoms with E-state index in [2.05, 4.69) is 4.98 Å². The van der Waals surface area contributed by atoms with Crippen LogP contribution in [0.15, 0.2) is 6.07 Å². The van der Waals surface area contributed by atoms with Crippen molar-refractivity contribution in [3.63, 3.8) is 0 Å². The van der Waals surface area contributed by atoms with Gasteiger partial charge in [-0.25, -0.2) is 4.98 Å². The number of fused-ring (bicyclic) bond motifs is 1. The number of amides is 1. The van der Waals surface area contributed by atoms with Crippen LogP contribution < -0.4 is 0 Å². The van der Waals surface area contributed by atoms with E-state index in [1.165, 1.54) is 4.90 Å². The number of benzene rings is 1. The zero-order valence-electron chi connectivity index (χ0n) is 15.3. The molecule has 2 rings (SSSR count). The number of aromatic hydroxyl groups is 1. The third kappa shape index (κ3) is 3.37. The second kappa shape index (κ2) is 7.19. The number of ether oxygens (including phenoxy) is 1. The van der Waals surface area contributed by atoms with Gasteiger partial charge in [0.1, 0.15) is 17.1 Å². The maximum Gasteiger partial charge on any atom is 0.253 e. The Bertz CT molecular complexity index is 750. The topological polar surface area (TPSA) is 70.8 Å². The predicted molar refractivity (Wildman–Crippen MR) is 93.4 cm³/mol. The number of carbonyl (C=O) groups is 1. The number of nitrogens with zero attached hydrogens (tertiary/aromatic N) is 4. The quantitative estimate of drug-likeness (QED) is 0.866. The van der Waals surface area contributed by atoms with Crippen LogP contribution in [0.2, 0.25) is 0 Å². The normalized spacial score (nSPS) is 11.5. The second-order valence-corrected chi connectivity index (χ2v) is 6.36. The van der Waals surface area contributed by atoms with E-state index in [1.54, 1.807) is 27.3 Å². The molecule has 0 aliphatic heterocycles. The maximum atomic E-state index is 12.5. The van der Waals surface area contributed by atoms with Gasteiger partial charge in [0.25, 0.3) is 5.91 Å².